The summed E-state index contributed by atoms with van der Waals surface area (Å²) in [6.07, 6.45) is 6.53. The lowest BCUT2D eigenvalue weighted by molar-refractivity contribution is -0.136. The van der Waals surface area contributed by atoms with E-state index in [0.29, 0.717) is 0 Å². The second kappa shape index (κ2) is 6.49. The van der Waals surface area contributed by atoms with Gasteiger partial charge in [0.1, 0.15) is 11.5 Å². The SMILES string of the molecule is CCCC1CCC(C(=C=O)C(=O)OC)CC1. The van der Waals surface area contributed by atoms with Gasteiger partial charge in [0.15, 0.2) is 0 Å². The van der Waals surface area contributed by atoms with E-state index in [1.165, 1.54) is 20.0 Å². The van der Waals surface area contributed by atoms with Crippen LogP contribution >= 0.6 is 0 Å². The Labute approximate surface area is 96.9 Å². The molecule has 0 heterocycles. The van der Waals surface area contributed by atoms with Crippen LogP contribution in [0.2, 0.25) is 0 Å². The number of hydrogen-bond acceptors (Lipinski definition) is 3. The Bertz CT molecular complexity index is 282. The normalized spacial score (nSPS) is 24.6. The lowest BCUT2D eigenvalue weighted by Crippen LogP contribution is -2.21. The lowest BCUT2D eigenvalue weighted by atomic mass is 9.77. The predicted octanol–water partition coefficient (Wildman–Crippen LogP) is 2.52. The maximum Gasteiger partial charge on any atom is 0.345 e. The molecule has 0 atom stereocenters. The van der Waals surface area contributed by atoms with Crippen LogP contribution in [0.1, 0.15) is 45.4 Å². The Balaban J connectivity index is 2.52. The van der Waals surface area contributed by atoms with E-state index in [-0.39, 0.29) is 11.5 Å². The van der Waals surface area contributed by atoms with Crippen LogP contribution in [0.5, 0.6) is 0 Å². The minimum atomic E-state index is -0.506. The maximum atomic E-state index is 11.3. The summed E-state index contributed by atoms with van der Waals surface area (Å²) < 4.78 is 4.59. The van der Waals surface area contributed by atoms with Gasteiger partial charge in [-0.15, -0.1) is 0 Å². The van der Waals surface area contributed by atoms with Gasteiger partial charge < -0.3 is 4.74 Å². The van der Waals surface area contributed by atoms with Crippen LogP contribution in [0.4, 0.5) is 0 Å². The van der Waals surface area contributed by atoms with E-state index in [0.717, 1.165) is 31.6 Å². The Morgan fingerprint density at radius 3 is 2.38 bits per heavy atom. The molecule has 3 nitrogen and oxygen atoms in total. The standard InChI is InChI=1S/C13H20O3/c1-3-4-10-5-7-11(8-6-10)12(9-14)13(15)16-2/h10-11H,3-8H2,1-2H3. The summed E-state index contributed by atoms with van der Waals surface area (Å²) in [5.41, 5.74) is 0.206. The monoisotopic (exact) mass is 224 g/mol. The number of carbonyl (C=O) groups excluding carboxylic acids is 2. The molecule has 0 aromatic heterocycles. The number of rotatable bonds is 4. The Morgan fingerprint density at radius 2 is 1.94 bits per heavy atom. The molecule has 90 valence electrons. The second-order valence-corrected chi connectivity index (χ2v) is 4.51. The summed E-state index contributed by atoms with van der Waals surface area (Å²) in [6.45, 7) is 2.19. The molecule has 0 radical (unpaired) electrons. The maximum absolute atomic E-state index is 11.3. The fourth-order valence-electron chi connectivity index (χ4n) is 2.55. The molecule has 1 saturated carbocycles. The van der Waals surface area contributed by atoms with Crippen LogP contribution < -0.4 is 0 Å². The van der Waals surface area contributed by atoms with Crippen molar-refractivity contribution in [1.29, 1.82) is 0 Å². The van der Waals surface area contributed by atoms with Crippen molar-refractivity contribution < 1.29 is 14.3 Å². The van der Waals surface area contributed by atoms with Gasteiger partial charge in [-0.3, -0.25) is 0 Å². The van der Waals surface area contributed by atoms with Crippen molar-refractivity contribution in [3.8, 4) is 0 Å². The summed E-state index contributed by atoms with van der Waals surface area (Å²) in [6, 6.07) is 0. The minimum Gasteiger partial charge on any atom is -0.465 e. The molecule has 0 aliphatic heterocycles. The van der Waals surface area contributed by atoms with Gasteiger partial charge in [-0.2, -0.15) is 0 Å². The van der Waals surface area contributed by atoms with Crippen molar-refractivity contribution in [3.63, 3.8) is 0 Å². The van der Waals surface area contributed by atoms with E-state index >= 15 is 0 Å². The second-order valence-electron chi connectivity index (χ2n) is 4.51. The van der Waals surface area contributed by atoms with Crippen LogP contribution in [0.15, 0.2) is 5.57 Å². The van der Waals surface area contributed by atoms with Gasteiger partial charge in [0.05, 0.1) is 7.11 Å². The lowest BCUT2D eigenvalue weighted by Gasteiger charge is -2.27. The van der Waals surface area contributed by atoms with Crippen LogP contribution in [-0.4, -0.2) is 19.0 Å². The van der Waals surface area contributed by atoms with Gasteiger partial charge in [-0.1, -0.05) is 19.8 Å². The zero-order chi connectivity index (χ0) is 12.0. The first-order chi connectivity index (χ1) is 7.72. The number of ether oxygens (including phenoxy) is 1. The molecule has 1 fully saturated rings. The fourth-order valence-corrected chi connectivity index (χ4v) is 2.55. The average Bonchev–Trinajstić information content (AvgIpc) is 2.32. The molecular weight excluding hydrogens is 204 g/mol. The molecule has 3 heteroatoms. The summed E-state index contributed by atoms with van der Waals surface area (Å²) in [5, 5.41) is 0. The molecule has 1 aliphatic carbocycles. The largest absolute Gasteiger partial charge is 0.465 e. The molecule has 0 bridgehead atoms. The fraction of sp³-hybridized carbons (Fsp3) is 0.769. The molecule has 0 saturated heterocycles. The van der Waals surface area contributed by atoms with E-state index in [4.69, 9.17) is 0 Å². The van der Waals surface area contributed by atoms with Crippen molar-refractivity contribution in [2.45, 2.75) is 45.4 Å². The van der Waals surface area contributed by atoms with Crippen molar-refractivity contribution in [3.05, 3.63) is 5.57 Å². The topological polar surface area (TPSA) is 43.4 Å². The third-order valence-corrected chi connectivity index (χ3v) is 3.47. The van der Waals surface area contributed by atoms with Crippen LogP contribution in [0.3, 0.4) is 0 Å². The van der Waals surface area contributed by atoms with E-state index in [1.807, 2.05) is 0 Å². The van der Waals surface area contributed by atoms with Crippen LogP contribution in [0, 0.1) is 11.8 Å². The highest BCUT2D eigenvalue weighted by Gasteiger charge is 2.28. The molecule has 1 aliphatic rings. The zero-order valence-corrected chi connectivity index (χ0v) is 10.1. The van der Waals surface area contributed by atoms with Crippen molar-refractivity contribution in [2.24, 2.45) is 11.8 Å². The van der Waals surface area contributed by atoms with Gasteiger partial charge in [0.25, 0.3) is 0 Å². The smallest absolute Gasteiger partial charge is 0.345 e. The highest BCUT2D eigenvalue weighted by atomic mass is 16.5. The molecule has 0 amide bonds. The van der Waals surface area contributed by atoms with Gasteiger partial charge >= 0.3 is 5.97 Å². The van der Waals surface area contributed by atoms with Gasteiger partial charge in [-0.05, 0) is 31.6 Å². The Morgan fingerprint density at radius 1 is 1.31 bits per heavy atom. The third-order valence-electron chi connectivity index (χ3n) is 3.47. The van der Waals surface area contributed by atoms with Crippen molar-refractivity contribution in [2.75, 3.05) is 7.11 Å². The molecule has 16 heavy (non-hydrogen) atoms. The molecule has 0 unspecified atom stereocenters. The Hall–Kier alpha value is -1.08. The number of carbonyl (C=O) groups is 1. The average molecular weight is 224 g/mol. The van der Waals surface area contributed by atoms with E-state index in [2.05, 4.69) is 11.7 Å². The summed E-state index contributed by atoms with van der Waals surface area (Å²) >= 11 is 0. The molecular formula is C13H20O3. The first kappa shape index (κ1) is 13.0. The number of methoxy groups -OCH3 is 1. The first-order valence-electron chi connectivity index (χ1n) is 6.06. The molecule has 0 aromatic carbocycles. The van der Waals surface area contributed by atoms with E-state index < -0.39 is 5.97 Å². The quantitative estimate of drug-likeness (QED) is 0.418. The summed E-state index contributed by atoms with van der Waals surface area (Å²) in [5.74, 6) is 2.09. The molecule has 0 spiro atoms. The van der Waals surface area contributed by atoms with Gasteiger partial charge in [0.2, 0.25) is 0 Å². The molecule has 0 N–H and O–H groups in total. The van der Waals surface area contributed by atoms with Crippen LogP contribution in [-0.2, 0) is 14.3 Å². The summed E-state index contributed by atoms with van der Waals surface area (Å²) in [7, 11) is 1.31. The van der Waals surface area contributed by atoms with Crippen LogP contribution in [0.25, 0.3) is 0 Å². The van der Waals surface area contributed by atoms with Gasteiger partial charge in [0, 0.05) is 5.92 Å². The van der Waals surface area contributed by atoms with Crippen molar-refractivity contribution in [1.82, 2.24) is 0 Å². The minimum absolute atomic E-state index is 0.0676. The number of esters is 1. The molecule has 0 aromatic rings. The number of hydrogen-bond donors (Lipinski definition) is 0. The third kappa shape index (κ3) is 3.21. The first-order valence-corrected chi connectivity index (χ1v) is 6.06. The zero-order valence-electron chi connectivity index (χ0n) is 10.1. The van der Waals surface area contributed by atoms with Gasteiger partial charge in [-0.25, -0.2) is 9.59 Å². The highest BCUT2D eigenvalue weighted by Crippen LogP contribution is 2.34. The predicted molar refractivity (Wildman–Crippen MR) is 61.6 cm³/mol. The summed E-state index contributed by atoms with van der Waals surface area (Å²) in [4.78, 5) is 22.1. The van der Waals surface area contributed by atoms with E-state index in [9.17, 15) is 9.59 Å². The van der Waals surface area contributed by atoms with Crippen molar-refractivity contribution >= 4 is 11.9 Å². The molecule has 1 rings (SSSR count). The highest BCUT2D eigenvalue weighted by molar-refractivity contribution is 5.97. The van der Waals surface area contributed by atoms with E-state index in [1.54, 1.807) is 5.94 Å². The Kier molecular flexibility index (Phi) is 5.27.